The Labute approximate surface area is 100 Å². The molecule has 5 nitrogen and oxygen atoms in total. The van der Waals surface area contributed by atoms with Gasteiger partial charge in [0.25, 0.3) is 0 Å². The number of fused-ring (bicyclic) bond motifs is 1. The Bertz CT molecular complexity index is 559. The molecular weight excluding hydrogens is 214 g/mol. The SMILES string of the molecule is CN1CCC(c2nc(N)cc3ncn(C)c23)C1. The maximum absolute atomic E-state index is 5.86. The fraction of sp³-hybridized carbons (Fsp3) is 0.500. The van der Waals surface area contributed by atoms with Gasteiger partial charge in [0.2, 0.25) is 0 Å². The second-order valence-electron chi connectivity index (χ2n) is 4.90. The Morgan fingerprint density at radius 2 is 2.24 bits per heavy atom. The fourth-order valence-corrected chi connectivity index (χ4v) is 2.67. The molecule has 3 rings (SSSR count). The number of nitrogens with zero attached hydrogens (tertiary/aromatic N) is 4. The smallest absolute Gasteiger partial charge is 0.125 e. The first-order valence-corrected chi connectivity index (χ1v) is 5.91. The average molecular weight is 231 g/mol. The van der Waals surface area contributed by atoms with E-state index >= 15 is 0 Å². The molecule has 1 unspecified atom stereocenters. The van der Waals surface area contributed by atoms with Crippen LogP contribution in [0.15, 0.2) is 12.4 Å². The third-order valence-electron chi connectivity index (χ3n) is 3.52. The number of hydrogen-bond acceptors (Lipinski definition) is 4. The second-order valence-corrected chi connectivity index (χ2v) is 4.90. The van der Waals surface area contributed by atoms with Crippen molar-refractivity contribution in [3.05, 3.63) is 18.1 Å². The predicted molar refractivity (Wildman–Crippen MR) is 67.8 cm³/mol. The second kappa shape index (κ2) is 3.70. The zero-order valence-corrected chi connectivity index (χ0v) is 10.2. The number of rotatable bonds is 1. The first kappa shape index (κ1) is 10.5. The summed E-state index contributed by atoms with van der Waals surface area (Å²) in [7, 11) is 4.15. The van der Waals surface area contributed by atoms with E-state index in [0.29, 0.717) is 11.7 Å². The quantitative estimate of drug-likeness (QED) is 0.794. The molecule has 1 aliphatic rings. The molecule has 0 aliphatic carbocycles. The topological polar surface area (TPSA) is 60.0 Å². The van der Waals surface area contributed by atoms with Gasteiger partial charge in [-0.05, 0) is 20.0 Å². The summed E-state index contributed by atoms with van der Waals surface area (Å²) in [5, 5.41) is 0. The summed E-state index contributed by atoms with van der Waals surface area (Å²) >= 11 is 0. The van der Waals surface area contributed by atoms with E-state index in [0.717, 1.165) is 36.2 Å². The minimum absolute atomic E-state index is 0.474. The van der Waals surface area contributed by atoms with Crippen molar-refractivity contribution in [1.82, 2.24) is 19.4 Å². The van der Waals surface area contributed by atoms with Crippen LogP contribution in [0.3, 0.4) is 0 Å². The third kappa shape index (κ3) is 1.67. The van der Waals surface area contributed by atoms with E-state index in [1.807, 2.05) is 24.0 Å². The standard InChI is InChI=1S/C12H17N5/c1-16-4-3-8(6-16)11-12-9(5-10(13)15-11)14-7-17(12)2/h5,7-8H,3-4,6H2,1-2H3,(H2,13,15). The van der Waals surface area contributed by atoms with Crippen molar-refractivity contribution in [2.75, 3.05) is 25.9 Å². The molecule has 5 heteroatoms. The Balaban J connectivity index is 2.16. The lowest BCUT2D eigenvalue weighted by Crippen LogP contribution is -2.14. The molecule has 2 N–H and O–H groups in total. The molecule has 17 heavy (non-hydrogen) atoms. The van der Waals surface area contributed by atoms with E-state index in [2.05, 4.69) is 21.9 Å². The molecule has 0 saturated carbocycles. The summed E-state index contributed by atoms with van der Waals surface area (Å²) in [4.78, 5) is 11.2. The van der Waals surface area contributed by atoms with Gasteiger partial charge in [-0.3, -0.25) is 0 Å². The van der Waals surface area contributed by atoms with E-state index in [1.54, 1.807) is 0 Å². The first-order chi connectivity index (χ1) is 8.15. The lowest BCUT2D eigenvalue weighted by Gasteiger charge is -2.12. The van der Waals surface area contributed by atoms with Crippen molar-refractivity contribution in [3.8, 4) is 0 Å². The summed E-state index contributed by atoms with van der Waals surface area (Å²) in [5.41, 5.74) is 9.04. The van der Waals surface area contributed by atoms with Crippen LogP contribution in [-0.4, -0.2) is 39.6 Å². The van der Waals surface area contributed by atoms with E-state index in [-0.39, 0.29) is 0 Å². The number of hydrogen-bond donors (Lipinski definition) is 1. The lowest BCUT2D eigenvalue weighted by molar-refractivity contribution is 0.411. The van der Waals surface area contributed by atoms with Gasteiger partial charge in [0.1, 0.15) is 5.82 Å². The Kier molecular flexibility index (Phi) is 2.29. The Morgan fingerprint density at radius 3 is 2.94 bits per heavy atom. The predicted octanol–water partition coefficient (Wildman–Crippen LogP) is 0.970. The van der Waals surface area contributed by atoms with Crippen molar-refractivity contribution in [2.24, 2.45) is 7.05 Å². The molecule has 0 amide bonds. The Hall–Kier alpha value is -1.62. The number of nitrogens with two attached hydrogens (primary N) is 1. The van der Waals surface area contributed by atoms with Gasteiger partial charge in [-0.25, -0.2) is 9.97 Å². The van der Waals surface area contributed by atoms with Crippen LogP contribution in [0.25, 0.3) is 11.0 Å². The molecule has 2 aromatic heterocycles. The van der Waals surface area contributed by atoms with Crippen molar-refractivity contribution in [3.63, 3.8) is 0 Å². The number of nitrogen functional groups attached to an aromatic ring is 1. The highest BCUT2D eigenvalue weighted by Gasteiger charge is 2.25. The van der Waals surface area contributed by atoms with Crippen LogP contribution in [0.1, 0.15) is 18.0 Å². The highest BCUT2D eigenvalue weighted by atomic mass is 15.1. The molecule has 90 valence electrons. The zero-order valence-electron chi connectivity index (χ0n) is 10.2. The summed E-state index contributed by atoms with van der Waals surface area (Å²) < 4.78 is 2.04. The number of likely N-dealkylation sites (tertiary alicyclic amines) is 1. The number of imidazole rings is 1. The molecular formula is C12H17N5. The molecule has 3 heterocycles. The minimum atomic E-state index is 0.474. The first-order valence-electron chi connectivity index (χ1n) is 5.91. The van der Waals surface area contributed by atoms with Gasteiger partial charge in [0.05, 0.1) is 23.1 Å². The number of pyridine rings is 1. The maximum atomic E-state index is 5.86. The molecule has 1 saturated heterocycles. The lowest BCUT2D eigenvalue weighted by atomic mass is 10.0. The molecule has 0 spiro atoms. The van der Waals surface area contributed by atoms with Crippen LogP contribution in [0, 0.1) is 0 Å². The zero-order chi connectivity index (χ0) is 12.0. The minimum Gasteiger partial charge on any atom is -0.384 e. The third-order valence-corrected chi connectivity index (χ3v) is 3.52. The normalized spacial score (nSPS) is 21.4. The summed E-state index contributed by atoms with van der Waals surface area (Å²) in [6.45, 7) is 2.18. The van der Waals surface area contributed by atoms with E-state index in [1.165, 1.54) is 0 Å². The summed E-state index contributed by atoms with van der Waals surface area (Å²) in [6.07, 6.45) is 2.97. The molecule has 1 atom stereocenters. The van der Waals surface area contributed by atoms with Gasteiger partial charge in [-0.2, -0.15) is 0 Å². The van der Waals surface area contributed by atoms with Gasteiger partial charge < -0.3 is 15.2 Å². The largest absolute Gasteiger partial charge is 0.384 e. The van der Waals surface area contributed by atoms with Gasteiger partial charge in [-0.15, -0.1) is 0 Å². The molecule has 1 fully saturated rings. The fourth-order valence-electron chi connectivity index (χ4n) is 2.67. The van der Waals surface area contributed by atoms with Gasteiger partial charge >= 0.3 is 0 Å². The van der Waals surface area contributed by atoms with E-state index in [9.17, 15) is 0 Å². The van der Waals surface area contributed by atoms with Crippen molar-refractivity contribution in [2.45, 2.75) is 12.3 Å². The van der Waals surface area contributed by atoms with E-state index in [4.69, 9.17) is 5.73 Å². The highest BCUT2D eigenvalue weighted by Crippen LogP contribution is 2.30. The average Bonchev–Trinajstić information content (AvgIpc) is 2.85. The van der Waals surface area contributed by atoms with Crippen molar-refractivity contribution in [1.29, 1.82) is 0 Å². The Morgan fingerprint density at radius 1 is 1.41 bits per heavy atom. The van der Waals surface area contributed by atoms with Crippen molar-refractivity contribution >= 4 is 16.9 Å². The molecule has 0 aromatic carbocycles. The summed E-state index contributed by atoms with van der Waals surface area (Å²) in [5.74, 6) is 1.04. The van der Waals surface area contributed by atoms with Crippen LogP contribution >= 0.6 is 0 Å². The van der Waals surface area contributed by atoms with Crippen LogP contribution < -0.4 is 5.73 Å². The maximum Gasteiger partial charge on any atom is 0.125 e. The van der Waals surface area contributed by atoms with Crippen LogP contribution in [0.5, 0.6) is 0 Å². The van der Waals surface area contributed by atoms with E-state index < -0.39 is 0 Å². The van der Waals surface area contributed by atoms with Gasteiger partial charge in [-0.1, -0.05) is 0 Å². The van der Waals surface area contributed by atoms with Gasteiger partial charge in [0.15, 0.2) is 0 Å². The number of likely N-dealkylation sites (N-methyl/N-ethyl adjacent to an activating group) is 1. The monoisotopic (exact) mass is 231 g/mol. The van der Waals surface area contributed by atoms with Gasteiger partial charge in [0, 0.05) is 25.6 Å². The van der Waals surface area contributed by atoms with Crippen LogP contribution in [-0.2, 0) is 7.05 Å². The summed E-state index contributed by atoms with van der Waals surface area (Å²) in [6, 6.07) is 1.84. The highest BCUT2D eigenvalue weighted by molar-refractivity contribution is 5.80. The number of aromatic nitrogens is 3. The molecule has 0 radical (unpaired) electrons. The molecule has 1 aliphatic heterocycles. The molecule has 2 aromatic rings. The number of aryl methyl sites for hydroxylation is 1. The van der Waals surface area contributed by atoms with Crippen LogP contribution in [0.2, 0.25) is 0 Å². The van der Waals surface area contributed by atoms with Crippen molar-refractivity contribution < 1.29 is 0 Å². The number of anilines is 1. The van der Waals surface area contributed by atoms with Crippen LogP contribution in [0.4, 0.5) is 5.82 Å². The molecule has 0 bridgehead atoms.